The standard InChI is InChI=1S/C9H12N4O2/c10-6-1-2-13(5-6)9(15)7-3-12-8(14)4-11-7/h3-4,6H,1-2,5,10H2,(H,12,14)/t6-/m0/s1. The molecule has 0 aromatic carbocycles. The van der Waals surface area contributed by atoms with E-state index in [0.717, 1.165) is 12.6 Å². The lowest BCUT2D eigenvalue weighted by Gasteiger charge is -2.14. The lowest BCUT2D eigenvalue weighted by Crippen LogP contribution is -2.32. The van der Waals surface area contributed by atoms with E-state index in [2.05, 4.69) is 9.97 Å². The highest BCUT2D eigenvalue weighted by molar-refractivity contribution is 5.92. The molecule has 0 aliphatic carbocycles. The van der Waals surface area contributed by atoms with Gasteiger partial charge in [0.25, 0.3) is 11.5 Å². The number of carbonyl (C=O) groups excluding carboxylic acids is 1. The van der Waals surface area contributed by atoms with E-state index in [0.29, 0.717) is 13.1 Å². The maximum Gasteiger partial charge on any atom is 0.274 e. The van der Waals surface area contributed by atoms with Crippen molar-refractivity contribution in [3.8, 4) is 0 Å². The first kappa shape index (κ1) is 9.85. The van der Waals surface area contributed by atoms with Crippen molar-refractivity contribution in [1.29, 1.82) is 0 Å². The minimum Gasteiger partial charge on any atom is -0.336 e. The first-order valence-corrected chi connectivity index (χ1v) is 4.76. The number of aromatic nitrogens is 2. The number of nitrogens with one attached hydrogen (secondary N) is 1. The third kappa shape index (κ3) is 2.04. The molecule has 1 saturated heterocycles. The Kier molecular flexibility index (Phi) is 2.51. The Bertz CT molecular complexity index is 408. The lowest BCUT2D eigenvalue weighted by molar-refractivity contribution is 0.0784. The van der Waals surface area contributed by atoms with Gasteiger partial charge in [-0.2, -0.15) is 0 Å². The topological polar surface area (TPSA) is 92.1 Å². The lowest BCUT2D eigenvalue weighted by atomic mass is 10.3. The van der Waals surface area contributed by atoms with Crippen molar-refractivity contribution in [2.75, 3.05) is 13.1 Å². The molecule has 1 fully saturated rings. The van der Waals surface area contributed by atoms with Crippen LogP contribution in [0.2, 0.25) is 0 Å². The fourth-order valence-electron chi connectivity index (χ4n) is 1.59. The summed E-state index contributed by atoms with van der Waals surface area (Å²) in [6.07, 6.45) is 3.24. The molecule has 1 aliphatic rings. The van der Waals surface area contributed by atoms with Gasteiger partial charge in [-0.05, 0) is 6.42 Å². The van der Waals surface area contributed by atoms with Crippen LogP contribution in [0.15, 0.2) is 17.2 Å². The number of amides is 1. The Morgan fingerprint density at radius 1 is 1.67 bits per heavy atom. The van der Waals surface area contributed by atoms with E-state index in [4.69, 9.17) is 5.73 Å². The molecule has 1 aromatic heterocycles. The molecule has 6 nitrogen and oxygen atoms in total. The predicted octanol–water partition coefficient (Wildman–Crippen LogP) is -1.06. The SMILES string of the molecule is N[C@H]1CCN(C(=O)c2c[nH]c(=O)cn2)C1. The molecule has 0 spiro atoms. The molecule has 2 heterocycles. The largest absolute Gasteiger partial charge is 0.336 e. The average Bonchev–Trinajstić information content (AvgIpc) is 2.65. The molecule has 0 saturated carbocycles. The third-order valence-electron chi connectivity index (χ3n) is 2.40. The Labute approximate surface area is 86.1 Å². The van der Waals surface area contributed by atoms with Crippen LogP contribution in [0.1, 0.15) is 16.9 Å². The van der Waals surface area contributed by atoms with Gasteiger partial charge in [0.15, 0.2) is 0 Å². The van der Waals surface area contributed by atoms with E-state index in [1.165, 1.54) is 6.20 Å². The molecule has 1 aromatic rings. The van der Waals surface area contributed by atoms with E-state index >= 15 is 0 Å². The normalized spacial score (nSPS) is 20.6. The van der Waals surface area contributed by atoms with Crippen LogP contribution in [0.3, 0.4) is 0 Å². The van der Waals surface area contributed by atoms with E-state index in [9.17, 15) is 9.59 Å². The quantitative estimate of drug-likeness (QED) is 0.615. The molecule has 0 radical (unpaired) electrons. The highest BCUT2D eigenvalue weighted by atomic mass is 16.2. The zero-order valence-corrected chi connectivity index (χ0v) is 8.14. The molecule has 3 N–H and O–H groups in total. The number of likely N-dealkylation sites (tertiary alicyclic amines) is 1. The maximum atomic E-state index is 11.8. The van der Waals surface area contributed by atoms with Crippen molar-refractivity contribution >= 4 is 5.91 Å². The second kappa shape index (κ2) is 3.82. The molecule has 0 unspecified atom stereocenters. The zero-order valence-electron chi connectivity index (χ0n) is 8.14. The number of rotatable bonds is 1. The van der Waals surface area contributed by atoms with Crippen LogP contribution in [0.25, 0.3) is 0 Å². The van der Waals surface area contributed by atoms with Crippen LogP contribution in [-0.4, -0.2) is 39.9 Å². The second-order valence-corrected chi connectivity index (χ2v) is 3.60. The first-order valence-electron chi connectivity index (χ1n) is 4.76. The number of aromatic amines is 1. The smallest absolute Gasteiger partial charge is 0.274 e. The van der Waals surface area contributed by atoms with Gasteiger partial charge in [0.05, 0.1) is 6.20 Å². The zero-order chi connectivity index (χ0) is 10.8. The fourth-order valence-corrected chi connectivity index (χ4v) is 1.59. The Hall–Kier alpha value is -1.69. The summed E-state index contributed by atoms with van der Waals surface area (Å²) in [4.78, 5) is 30.4. The summed E-state index contributed by atoms with van der Waals surface area (Å²) < 4.78 is 0. The van der Waals surface area contributed by atoms with Crippen LogP contribution in [-0.2, 0) is 0 Å². The summed E-state index contributed by atoms with van der Waals surface area (Å²) in [6, 6.07) is 0.0525. The van der Waals surface area contributed by atoms with Gasteiger partial charge in [-0.25, -0.2) is 4.98 Å². The molecule has 15 heavy (non-hydrogen) atoms. The van der Waals surface area contributed by atoms with Gasteiger partial charge in [0.2, 0.25) is 0 Å². The highest BCUT2D eigenvalue weighted by Gasteiger charge is 2.25. The Morgan fingerprint density at radius 3 is 3.00 bits per heavy atom. The van der Waals surface area contributed by atoms with E-state index < -0.39 is 0 Å². The molecule has 1 amide bonds. The minimum atomic E-state index is -0.315. The van der Waals surface area contributed by atoms with Gasteiger partial charge >= 0.3 is 0 Å². The molecule has 80 valence electrons. The van der Waals surface area contributed by atoms with E-state index in [-0.39, 0.29) is 23.2 Å². The van der Waals surface area contributed by atoms with Gasteiger partial charge in [-0.15, -0.1) is 0 Å². The number of nitrogens with two attached hydrogens (primary N) is 1. The summed E-state index contributed by atoms with van der Waals surface area (Å²) in [5.74, 6) is -0.181. The molecule has 2 rings (SSSR count). The van der Waals surface area contributed by atoms with Crippen LogP contribution in [0, 0.1) is 0 Å². The summed E-state index contributed by atoms with van der Waals surface area (Å²) in [7, 11) is 0. The molecule has 0 bridgehead atoms. The number of nitrogens with zero attached hydrogens (tertiary/aromatic N) is 2. The second-order valence-electron chi connectivity index (χ2n) is 3.60. The van der Waals surface area contributed by atoms with Crippen LogP contribution in [0.4, 0.5) is 0 Å². The van der Waals surface area contributed by atoms with Gasteiger partial charge < -0.3 is 15.6 Å². The maximum absolute atomic E-state index is 11.8. The summed E-state index contributed by atoms with van der Waals surface area (Å²) in [5, 5.41) is 0. The Morgan fingerprint density at radius 2 is 2.47 bits per heavy atom. The number of H-pyrrole nitrogens is 1. The van der Waals surface area contributed by atoms with Crippen LogP contribution < -0.4 is 11.3 Å². The first-order chi connectivity index (χ1) is 7.16. The third-order valence-corrected chi connectivity index (χ3v) is 2.40. The number of carbonyl (C=O) groups is 1. The van der Waals surface area contributed by atoms with Crippen LogP contribution in [0.5, 0.6) is 0 Å². The molecule has 1 aliphatic heterocycles. The van der Waals surface area contributed by atoms with Crippen molar-refractivity contribution < 1.29 is 4.79 Å². The van der Waals surface area contributed by atoms with Crippen molar-refractivity contribution in [1.82, 2.24) is 14.9 Å². The molecular weight excluding hydrogens is 196 g/mol. The molecular formula is C9H12N4O2. The van der Waals surface area contributed by atoms with Gasteiger partial charge in [0, 0.05) is 25.3 Å². The van der Waals surface area contributed by atoms with Gasteiger partial charge in [-0.1, -0.05) is 0 Å². The van der Waals surface area contributed by atoms with Crippen molar-refractivity contribution in [3.05, 3.63) is 28.4 Å². The monoisotopic (exact) mass is 208 g/mol. The number of hydrogen-bond acceptors (Lipinski definition) is 4. The van der Waals surface area contributed by atoms with Gasteiger partial charge in [0.1, 0.15) is 5.69 Å². The van der Waals surface area contributed by atoms with E-state index in [1.807, 2.05) is 0 Å². The van der Waals surface area contributed by atoms with Crippen molar-refractivity contribution in [2.24, 2.45) is 5.73 Å². The summed E-state index contributed by atoms with van der Waals surface area (Å²) >= 11 is 0. The van der Waals surface area contributed by atoms with E-state index in [1.54, 1.807) is 4.90 Å². The highest BCUT2D eigenvalue weighted by Crippen LogP contribution is 2.09. The predicted molar refractivity (Wildman–Crippen MR) is 53.4 cm³/mol. The van der Waals surface area contributed by atoms with Crippen molar-refractivity contribution in [2.45, 2.75) is 12.5 Å². The number of hydrogen-bond donors (Lipinski definition) is 2. The summed E-state index contributed by atoms with van der Waals surface area (Å²) in [5.41, 5.74) is 5.63. The molecule has 1 atom stereocenters. The van der Waals surface area contributed by atoms with Crippen molar-refractivity contribution in [3.63, 3.8) is 0 Å². The average molecular weight is 208 g/mol. The minimum absolute atomic E-state index is 0.0525. The van der Waals surface area contributed by atoms with Gasteiger partial charge in [-0.3, -0.25) is 9.59 Å². The summed E-state index contributed by atoms with van der Waals surface area (Å²) in [6.45, 7) is 1.21. The fraction of sp³-hybridized carbons (Fsp3) is 0.444. The molecule has 6 heteroatoms. The van der Waals surface area contributed by atoms with Crippen LogP contribution >= 0.6 is 0 Å². The Balaban J connectivity index is 2.14.